The van der Waals surface area contributed by atoms with E-state index in [9.17, 15) is 0 Å². The Kier molecular flexibility index (Phi) is 7.38. The van der Waals surface area contributed by atoms with E-state index in [2.05, 4.69) is 58.1 Å². The number of guanidine groups is 1. The fraction of sp³-hybridized carbons (Fsp3) is 0.292. The van der Waals surface area contributed by atoms with Gasteiger partial charge in [0.15, 0.2) is 17.5 Å². The molecule has 0 spiro atoms. The molecule has 2 N–H and O–H groups in total. The van der Waals surface area contributed by atoms with Crippen LogP contribution >= 0.6 is 0 Å². The molecule has 0 saturated heterocycles. The Morgan fingerprint density at radius 3 is 2.23 bits per heavy atom. The number of methoxy groups -OCH3 is 3. The molecule has 0 aliphatic rings. The van der Waals surface area contributed by atoms with Gasteiger partial charge in [0, 0.05) is 20.1 Å². The van der Waals surface area contributed by atoms with Gasteiger partial charge in [-0.25, -0.2) is 0 Å². The fourth-order valence-electron chi connectivity index (χ4n) is 3.47. The standard InChI is InChI=1S/C24H29N3O3/c1-25-24(26-13-12-19-10-7-9-18-8-5-6-11-20(18)19)27-16-17-14-21(28-2)23(30-4)22(15-17)29-3/h5-11,14-15H,12-13,16H2,1-4H3,(H2,25,26,27). The summed E-state index contributed by atoms with van der Waals surface area (Å²) < 4.78 is 16.2. The molecule has 0 radical (unpaired) electrons. The summed E-state index contributed by atoms with van der Waals surface area (Å²) in [5.41, 5.74) is 2.32. The molecule has 0 atom stereocenters. The third kappa shape index (κ3) is 4.95. The van der Waals surface area contributed by atoms with E-state index in [1.807, 2.05) is 12.1 Å². The quantitative estimate of drug-likeness (QED) is 0.440. The van der Waals surface area contributed by atoms with Crippen LogP contribution in [-0.4, -0.2) is 40.9 Å². The largest absolute Gasteiger partial charge is 0.493 e. The van der Waals surface area contributed by atoms with E-state index < -0.39 is 0 Å². The van der Waals surface area contributed by atoms with E-state index in [1.165, 1.54) is 16.3 Å². The first kappa shape index (κ1) is 21.3. The number of nitrogens with zero attached hydrogens (tertiary/aromatic N) is 1. The maximum Gasteiger partial charge on any atom is 0.203 e. The topological polar surface area (TPSA) is 64.1 Å². The predicted molar refractivity (Wildman–Crippen MR) is 122 cm³/mol. The Bertz CT molecular complexity index is 987. The van der Waals surface area contributed by atoms with Crippen molar-refractivity contribution in [1.82, 2.24) is 10.6 Å². The van der Waals surface area contributed by atoms with Gasteiger partial charge in [0.05, 0.1) is 21.3 Å². The molecule has 0 aliphatic carbocycles. The Labute approximate surface area is 177 Å². The monoisotopic (exact) mass is 407 g/mol. The molecule has 0 aromatic heterocycles. The summed E-state index contributed by atoms with van der Waals surface area (Å²) in [6, 6.07) is 18.7. The summed E-state index contributed by atoms with van der Waals surface area (Å²) in [7, 11) is 6.59. The van der Waals surface area contributed by atoms with Gasteiger partial charge < -0.3 is 24.8 Å². The number of benzene rings is 3. The number of hydrogen-bond acceptors (Lipinski definition) is 4. The van der Waals surface area contributed by atoms with Gasteiger partial charge in [-0.15, -0.1) is 0 Å². The van der Waals surface area contributed by atoms with Crippen molar-refractivity contribution in [3.8, 4) is 17.2 Å². The first-order chi connectivity index (χ1) is 14.7. The van der Waals surface area contributed by atoms with E-state index in [0.29, 0.717) is 23.8 Å². The molecular formula is C24H29N3O3. The van der Waals surface area contributed by atoms with E-state index in [0.717, 1.165) is 24.5 Å². The number of rotatable bonds is 8. The van der Waals surface area contributed by atoms with Gasteiger partial charge in [0.1, 0.15) is 0 Å². The molecule has 0 bridgehead atoms. The average Bonchev–Trinajstić information content (AvgIpc) is 2.80. The van der Waals surface area contributed by atoms with Crippen molar-refractivity contribution in [1.29, 1.82) is 0 Å². The smallest absolute Gasteiger partial charge is 0.203 e. The minimum atomic E-state index is 0.574. The van der Waals surface area contributed by atoms with Crippen molar-refractivity contribution >= 4 is 16.7 Å². The highest BCUT2D eigenvalue weighted by molar-refractivity contribution is 5.85. The molecule has 3 aromatic carbocycles. The van der Waals surface area contributed by atoms with E-state index in [1.54, 1.807) is 28.4 Å². The van der Waals surface area contributed by atoms with Crippen LogP contribution in [0, 0.1) is 0 Å². The van der Waals surface area contributed by atoms with Crippen LogP contribution in [0.5, 0.6) is 17.2 Å². The summed E-state index contributed by atoms with van der Waals surface area (Å²) in [4.78, 5) is 4.32. The lowest BCUT2D eigenvalue weighted by Gasteiger charge is -2.16. The predicted octanol–water partition coefficient (Wildman–Crippen LogP) is 3.77. The van der Waals surface area contributed by atoms with Crippen LogP contribution in [0.3, 0.4) is 0 Å². The number of fused-ring (bicyclic) bond motifs is 1. The van der Waals surface area contributed by atoms with Gasteiger partial charge >= 0.3 is 0 Å². The van der Waals surface area contributed by atoms with Gasteiger partial charge in [-0.3, -0.25) is 4.99 Å². The lowest BCUT2D eigenvalue weighted by molar-refractivity contribution is 0.323. The maximum absolute atomic E-state index is 5.42. The summed E-state index contributed by atoms with van der Waals surface area (Å²) in [6.07, 6.45) is 0.909. The maximum atomic E-state index is 5.42. The molecule has 3 aromatic rings. The van der Waals surface area contributed by atoms with Crippen molar-refractivity contribution in [3.63, 3.8) is 0 Å². The molecule has 0 unspecified atom stereocenters. The number of hydrogen-bond donors (Lipinski definition) is 2. The minimum absolute atomic E-state index is 0.574. The first-order valence-corrected chi connectivity index (χ1v) is 9.90. The second-order valence-corrected chi connectivity index (χ2v) is 6.77. The van der Waals surface area contributed by atoms with Crippen LogP contribution in [-0.2, 0) is 13.0 Å². The number of nitrogens with one attached hydrogen (secondary N) is 2. The Morgan fingerprint density at radius 1 is 0.867 bits per heavy atom. The molecule has 3 rings (SSSR count). The highest BCUT2D eigenvalue weighted by Gasteiger charge is 2.13. The summed E-state index contributed by atoms with van der Waals surface area (Å²) >= 11 is 0. The molecule has 6 nitrogen and oxygen atoms in total. The van der Waals surface area contributed by atoms with Crippen LogP contribution in [0.4, 0.5) is 0 Å². The number of ether oxygens (including phenoxy) is 3. The van der Waals surface area contributed by atoms with Gasteiger partial charge in [-0.05, 0) is 40.5 Å². The molecule has 0 fully saturated rings. The van der Waals surface area contributed by atoms with Crippen LogP contribution in [0.1, 0.15) is 11.1 Å². The van der Waals surface area contributed by atoms with Gasteiger partial charge in [0.25, 0.3) is 0 Å². The van der Waals surface area contributed by atoms with Gasteiger partial charge in [-0.1, -0.05) is 42.5 Å². The lowest BCUT2D eigenvalue weighted by Crippen LogP contribution is -2.37. The van der Waals surface area contributed by atoms with Gasteiger partial charge in [-0.2, -0.15) is 0 Å². The molecule has 158 valence electrons. The van der Waals surface area contributed by atoms with E-state index in [4.69, 9.17) is 14.2 Å². The van der Waals surface area contributed by atoms with Crippen molar-refractivity contribution in [2.24, 2.45) is 4.99 Å². The normalized spacial score (nSPS) is 11.3. The van der Waals surface area contributed by atoms with Crippen molar-refractivity contribution in [3.05, 3.63) is 65.7 Å². The molecule has 0 saturated carbocycles. The van der Waals surface area contributed by atoms with E-state index in [-0.39, 0.29) is 0 Å². The second-order valence-electron chi connectivity index (χ2n) is 6.77. The summed E-state index contributed by atoms with van der Waals surface area (Å²) in [5, 5.41) is 9.28. The van der Waals surface area contributed by atoms with E-state index >= 15 is 0 Å². The zero-order valence-corrected chi connectivity index (χ0v) is 18.0. The zero-order chi connectivity index (χ0) is 21.3. The third-order valence-corrected chi connectivity index (χ3v) is 4.97. The first-order valence-electron chi connectivity index (χ1n) is 9.90. The fourth-order valence-corrected chi connectivity index (χ4v) is 3.47. The van der Waals surface area contributed by atoms with Crippen molar-refractivity contribution < 1.29 is 14.2 Å². The zero-order valence-electron chi connectivity index (χ0n) is 18.0. The van der Waals surface area contributed by atoms with Crippen LogP contribution in [0.15, 0.2) is 59.6 Å². The SMILES string of the molecule is CN=C(NCCc1cccc2ccccc12)NCc1cc(OC)c(OC)c(OC)c1. The summed E-state index contributed by atoms with van der Waals surface area (Å²) in [6.45, 7) is 1.35. The Hall–Kier alpha value is -3.41. The van der Waals surface area contributed by atoms with Crippen LogP contribution < -0.4 is 24.8 Å². The Balaban J connectivity index is 1.60. The molecule has 6 heteroatoms. The number of aliphatic imine (C=N–C) groups is 1. The highest BCUT2D eigenvalue weighted by atomic mass is 16.5. The van der Waals surface area contributed by atoms with Gasteiger partial charge in [0.2, 0.25) is 5.75 Å². The lowest BCUT2D eigenvalue weighted by atomic mass is 10.0. The second kappa shape index (κ2) is 10.4. The van der Waals surface area contributed by atoms with Crippen molar-refractivity contribution in [2.45, 2.75) is 13.0 Å². The van der Waals surface area contributed by atoms with Crippen LogP contribution in [0.2, 0.25) is 0 Å². The molecular weight excluding hydrogens is 378 g/mol. The molecule has 0 amide bonds. The summed E-state index contributed by atoms with van der Waals surface area (Å²) in [5.74, 6) is 2.59. The molecule has 0 heterocycles. The molecule has 0 aliphatic heterocycles. The van der Waals surface area contributed by atoms with Crippen LogP contribution in [0.25, 0.3) is 10.8 Å². The Morgan fingerprint density at radius 2 is 1.57 bits per heavy atom. The average molecular weight is 408 g/mol. The third-order valence-electron chi connectivity index (χ3n) is 4.97. The minimum Gasteiger partial charge on any atom is -0.493 e. The molecule has 30 heavy (non-hydrogen) atoms. The van der Waals surface area contributed by atoms with Crippen molar-refractivity contribution in [2.75, 3.05) is 34.9 Å². The highest BCUT2D eigenvalue weighted by Crippen LogP contribution is 2.38.